The summed E-state index contributed by atoms with van der Waals surface area (Å²) in [5, 5.41) is 9.83. The number of pyridine rings is 1. The Kier molecular flexibility index (Phi) is 7.87. The average molecular weight is 476 g/mol. The molecule has 7 nitrogen and oxygen atoms in total. The fourth-order valence-electron chi connectivity index (χ4n) is 4.05. The van der Waals surface area contributed by atoms with Crippen LogP contribution in [0.4, 0.5) is 5.82 Å². The highest BCUT2D eigenvalue weighted by Gasteiger charge is 2.23. The highest BCUT2D eigenvalue weighted by Crippen LogP contribution is 2.24. The van der Waals surface area contributed by atoms with Gasteiger partial charge in [0.05, 0.1) is 6.10 Å². The van der Waals surface area contributed by atoms with Crippen LogP contribution in [0.2, 0.25) is 0 Å². The number of hydrogen-bond acceptors (Lipinski definition) is 7. The number of phenols is 1. The van der Waals surface area contributed by atoms with Crippen LogP contribution < -0.4 is 9.64 Å². The number of rotatable bonds is 8. The summed E-state index contributed by atoms with van der Waals surface area (Å²) in [5.74, 6) is 1.27. The van der Waals surface area contributed by atoms with Crippen LogP contribution in [0.15, 0.2) is 60.8 Å². The van der Waals surface area contributed by atoms with E-state index in [0.717, 1.165) is 43.9 Å². The lowest BCUT2D eigenvalue weighted by atomic mass is 10.1. The molecule has 0 amide bonds. The SMILES string of the molecule is Cc1ccc(OCc2ccc(CN3CCN(c4ncccc4C(=O)OC(C)C)CC3)cc2)cc1O. The van der Waals surface area contributed by atoms with Crippen LogP contribution in [0.3, 0.4) is 0 Å². The number of hydrogen-bond donors (Lipinski definition) is 1. The van der Waals surface area contributed by atoms with Crippen LogP contribution in [0.1, 0.15) is 40.9 Å². The Balaban J connectivity index is 1.28. The van der Waals surface area contributed by atoms with Crippen LogP contribution in [-0.4, -0.2) is 53.2 Å². The molecule has 0 spiro atoms. The fraction of sp³-hybridized carbons (Fsp3) is 0.357. The predicted octanol–water partition coefficient (Wildman–Crippen LogP) is 4.56. The summed E-state index contributed by atoms with van der Waals surface area (Å²) < 4.78 is 11.2. The Hall–Kier alpha value is -3.58. The molecule has 0 aliphatic carbocycles. The Bertz CT molecular complexity index is 1140. The summed E-state index contributed by atoms with van der Waals surface area (Å²) >= 11 is 0. The van der Waals surface area contributed by atoms with Crippen molar-refractivity contribution in [1.82, 2.24) is 9.88 Å². The van der Waals surface area contributed by atoms with E-state index in [9.17, 15) is 9.90 Å². The smallest absolute Gasteiger partial charge is 0.342 e. The van der Waals surface area contributed by atoms with Gasteiger partial charge in [0.2, 0.25) is 0 Å². The number of carbonyl (C=O) groups excluding carboxylic acids is 1. The maximum absolute atomic E-state index is 12.5. The maximum atomic E-state index is 12.5. The van der Waals surface area contributed by atoms with Crippen LogP contribution in [0, 0.1) is 6.92 Å². The van der Waals surface area contributed by atoms with Crippen LogP contribution >= 0.6 is 0 Å². The van der Waals surface area contributed by atoms with Gasteiger partial charge >= 0.3 is 5.97 Å². The zero-order valence-corrected chi connectivity index (χ0v) is 20.6. The number of benzene rings is 2. The number of esters is 1. The first-order valence-corrected chi connectivity index (χ1v) is 12.0. The van der Waals surface area contributed by atoms with Gasteiger partial charge in [-0.2, -0.15) is 0 Å². The first kappa shape index (κ1) is 24.5. The highest BCUT2D eigenvalue weighted by molar-refractivity contribution is 5.94. The number of nitrogens with zero attached hydrogens (tertiary/aromatic N) is 3. The molecule has 0 saturated carbocycles. The summed E-state index contributed by atoms with van der Waals surface area (Å²) in [7, 11) is 0. The van der Waals surface area contributed by atoms with Gasteiger partial charge in [0.1, 0.15) is 29.5 Å². The first-order valence-electron chi connectivity index (χ1n) is 12.0. The zero-order chi connectivity index (χ0) is 24.8. The number of piperazine rings is 1. The van der Waals surface area contributed by atoms with Gasteiger partial charge in [0, 0.05) is 45.0 Å². The van der Waals surface area contributed by atoms with Gasteiger partial charge in [-0.05, 0) is 55.7 Å². The molecule has 1 aliphatic heterocycles. The van der Waals surface area contributed by atoms with Gasteiger partial charge in [-0.15, -0.1) is 0 Å². The van der Waals surface area contributed by atoms with Gasteiger partial charge in [-0.1, -0.05) is 30.3 Å². The summed E-state index contributed by atoms with van der Waals surface area (Å²) in [5.41, 5.74) is 3.67. The Morgan fingerprint density at radius 1 is 1.03 bits per heavy atom. The third-order valence-corrected chi connectivity index (χ3v) is 6.04. The number of phenolic OH excluding ortho intramolecular Hbond substituents is 1. The van der Waals surface area contributed by atoms with E-state index in [1.165, 1.54) is 5.56 Å². The van der Waals surface area contributed by atoms with Crippen LogP contribution in [0.25, 0.3) is 0 Å². The Morgan fingerprint density at radius 3 is 2.43 bits per heavy atom. The van der Waals surface area contributed by atoms with Crippen molar-refractivity contribution >= 4 is 11.8 Å². The molecule has 0 unspecified atom stereocenters. The second-order valence-corrected chi connectivity index (χ2v) is 9.15. The summed E-state index contributed by atoms with van der Waals surface area (Å²) in [6.07, 6.45) is 1.56. The van der Waals surface area contributed by atoms with Gasteiger partial charge in [-0.3, -0.25) is 4.90 Å². The quantitative estimate of drug-likeness (QED) is 0.479. The Morgan fingerprint density at radius 2 is 1.74 bits per heavy atom. The van der Waals surface area contributed by atoms with Crippen molar-refractivity contribution < 1.29 is 19.4 Å². The second-order valence-electron chi connectivity index (χ2n) is 9.15. The number of anilines is 1. The van der Waals surface area contributed by atoms with Crippen molar-refractivity contribution in [2.24, 2.45) is 0 Å². The number of carbonyl (C=O) groups is 1. The minimum Gasteiger partial charge on any atom is -0.508 e. The minimum atomic E-state index is -0.325. The average Bonchev–Trinajstić information content (AvgIpc) is 2.86. The predicted molar refractivity (Wildman–Crippen MR) is 136 cm³/mol. The minimum absolute atomic E-state index is 0.165. The van der Waals surface area contributed by atoms with E-state index >= 15 is 0 Å². The molecule has 184 valence electrons. The van der Waals surface area contributed by atoms with Crippen LogP contribution in [-0.2, 0) is 17.9 Å². The normalized spacial score (nSPS) is 14.2. The molecule has 1 saturated heterocycles. The molecular formula is C28H33N3O4. The van der Waals surface area contributed by atoms with Gasteiger partial charge < -0.3 is 19.5 Å². The maximum Gasteiger partial charge on any atom is 0.342 e. The third-order valence-electron chi connectivity index (χ3n) is 6.04. The largest absolute Gasteiger partial charge is 0.508 e. The molecule has 1 aromatic heterocycles. The van der Waals surface area contributed by atoms with Crippen molar-refractivity contribution in [2.75, 3.05) is 31.1 Å². The zero-order valence-electron chi connectivity index (χ0n) is 20.6. The first-order chi connectivity index (χ1) is 16.9. The molecule has 35 heavy (non-hydrogen) atoms. The molecular weight excluding hydrogens is 442 g/mol. The van der Waals surface area contributed by atoms with Gasteiger partial charge in [-0.25, -0.2) is 9.78 Å². The molecule has 2 aromatic carbocycles. The molecule has 0 radical (unpaired) electrons. The molecule has 2 heterocycles. The van der Waals surface area contributed by atoms with Crippen molar-refractivity contribution in [3.05, 3.63) is 83.0 Å². The van der Waals surface area contributed by atoms with Gasteiger partial charge in [0.15, 0.2) is 0 Å². The van der Waals surface area contributed by atoms with E-state index in [1.807, 2.05) is 32.9 Å². The van der Waals surface area contributed by atoms with Crippen molar-refractivity contribution in [1.29, 1.82) is 0 Å². The van der Waals surface area contributed by atoms with Gasteiger partial charge in [0.25, 0.3) is 0 Å². The standard InChI is InChI=1S/C28H33N3O4/c1-20(2)35-28(33)25-5-4-12-29-27(25)31-15-13-30(14-16-31)18-22-7-9-23(10-8-22)19-34-24-11-6-21(3)26(32)17-24/h4-12,17,20,32H,13-16,18-19H2,1-3H3. The number of ether oxygens (including phenoxy) is 2. The number of aromatic nitrogens is 1. The summed E-state index contributed by atoms with van der Waals surface area (Å²) in [6, 6.07) is 17.4. The monoisotopic (exact) mass is 475 g/mol. The molecule has 3 aromatic rings. The summed E-state index contributed by atoms with van der Waals surface area (Å²) in [6.45, 7) is 10.2. The number of aryl methyl sites for hydroxylation is 1. The van der Waals surface area contributed by atoms with E-state index in [4.69, 9.17) is 9.47 Å². The third kappa shape index (κ3) is 6.51. The van der Waals surface area contributed by atoms with E-state index in [0.29, 0.717) is 23.7 Å². The lowest BCUT2D eigenvalue weighted by molar-refractivity contribution is 0.0378. The number of aromatic hydroxyl groups is 1. The second kappa shape index (κ2) is 11.2. The molecule has 7 heteroatoms. The lowest BCUT2D eigenvalue weighted by Gasteiger charge is -2.36. The molecule has 4 rings (SSSR count). The molecule has 1 aliphatic rings. The van der Waals surface area contributed by atoms with E-state index in [-0.39, 0.29) is 17.8 Å². The van der Waals surface area contributed by atoms with E-state index in [2.05, 4.69) is 39.0 Å². The van der Waals surface area contributed by atoms with Crippen molar-refractivity contribution in [3.8, 4) is 11.5 Å². The molecule has 0 atom stereocenters. The van der Waals surface area contributed by atoms with E-state index in [1.54, 1.807) is 24.4 Å². The molecule has 1 fully saturated rings. The van der Waals surface area contributed by atoms with E-state index < -0.39 is 0 Å². The highest BCUT2D eigenvalue weighted by atomic mass is 16.5. The molecule has 1 N–H and O–H groups in total. The Labute approximate surface area is 206 Å². The fourth-order valence-corrected chi connectivity index (χ4v) is 4.05. The topological polar surface area (TPSA) is 75.1 Å². The van der Waals surface area contributed by atoms with Crippen molar-refractivity contribution in [2.45, 2.75) is 40.0 Å². The molecule has 0 bridgehead atoms. The lowest BCUT2D eigenvalue weighted by Crippen LogP contribution is -2.46. The summed E-state index contributed by atoms with van der Waals surface area (Å²) in [4.78, 5) is 21.5. The van der Waals surface area contributed by atoms with Crippen LogP contribution in [0.5, 0.6) is 11.5 Å². The van der Waals surface area contributed by atoms with Crippen molar-refractivity contribution in [3.63, 3.8) is 0 Å².